The molecular formula is C23H29FN4O2. The van der Waals surface area contributed by atoms with Gasteiger partial charge in [0.05, 0.1) is 30.2 Å². The Balaban J connectivity index is 1.93. The maximum atomic E-state index is 13.3. The highest BCUT2D eigenvalue weighted by Gasteiger charge is 2.17. The Labute approximate surface area is 176 Å². The number of fused-ring (bicyclic) bond motifs is 1. The Morgan fingerprint density at radius 1 is 1.20 bits per heavy atom. The van der Waals surface area contributed by atoms with Gasteiger partial charge in [-0.1, -0.05) is 31.5 Å². The summed E-state index contributed by atoms with van der Waals surface area (Å²) in [5, 5.41) is 3.24. The van der Waals surface area contributed by atoms with Gasteiger partial charge in [0, 0.05) is 13.2 Å². The molecule has 2 aromatic carbocycles. The Hall–Kier alpha value is -2.77. The van der Waals surface area contributed by atoms with Crippen molar-refractivity contribution >= 4 is 16.9 Å². The smallest absolute Gasteiger partial charge is 0.234 e. The number of benzene rings is 2. The lowest BCUT2D eigenvalue weighted by atomic mass is 10.1. The zero-order valence-electron chi connectivity index (χ0n) is 17.5. The first-order chi connectivity index (χ1) is 14.5. The number of carbonyl (C=O) groups excluding carboxylic acids is 1. The monoisotopic (exact) mass is 412 g/mol. The summed E-state index contributed by atoms with van der Waals surface area (Å²) in [6, 6.07) is 12.1. The number of nitrogens with zero attached hydrogens (tertiary/aromatic N) is 2. The second-order valence-electron chi connectivity index (χ2n) is 7.21. The van der Waals surface area contributed by atoms with E-state index in [4.69, 9.17) is 15.5 Å². The van der Waals surface area contributed by atoms with E-state index in [1.807, 2.05) is 26.0 Å². The molecule has 7 heteroatoms. The highest BCUT2D eigenvalue weighted by molar-refractivity contribution is 5.83. The van der Waals surface area contributed by atoms with Crippen LogP contribution >= 0.6 is 0 Å². The van der Waals surface area contributed by atoms with Crippen molar-refractivity contribution in [1.82, 2.24) is 14.9 Å². The summed E-state index contributed by atoms with van der Waals surface area (Å²) in [7, 11) is 0. The lowest BCUT2D eigenvalue weighted by Gasteiger charge is -2.15. The van der Waals surface area contributed by atoms with Crippen LogP contribution in [-0.4, -0.2) is 34.7 Å². The SMILES string of the molecule is CCCC(NCc1nc2ccc(-c3ccc(F)cc3)cc2n1CCOCC)C(N)=O. The van der Waals surface area contributed by atoms with Crippen molar-refractivity contribution in [2.24, 2.45) is 5.73 Å². The quantitative estimate of drug-likeness (QED) is 0.471. The first kappa shape index (κ1) is 21.9. The number of amides is 1. The molecule has 0 saturated heterocycles. The van der Waals surface area contributed by atoms with Gasteiger partial charge in [0.2, 0.25) is 5.91 Å². The van der Waals surface area contributed by atoms with Gasteiger partial charge in [-0.2, -0.15) is 0 Å². The highest BCUT2D eigenvalue weighted by atomic mass is 19.1. The Morgan fingerprint density at radius 3 is 2.60 bits per heavy atom. The van der Waals surface area contributed by atoms with E-state index in [9.17, 15) is 9.18 Å². The summed E-state index contributed by atoms with van der Waals surface area (Å²) in [6.45, 7) is 6.25. The number of hydrogen-bond donors (Lipinski definition) is 2. The summed E-state index contributed by atoms with van der Waals surface area (Å²) in [5.74, 6) is 0.210. The van der Waals surface area contributed by atoms with Crippen LogP contribution in [0.25, 0.3) is 22.2 Å². The van der Waals surface area contributed by atoms with Crippen LogP contribution in [0.5, 0.6) is 0 Å². The fourth-order valence-electron chi connectivity index (χ4n) is 3.53. The minimum Gasteiger partial charge on any atom is -0.380 e. The van der Waals surface area contributed by atoms with E-state index in [-0.39, 0.29) is 17.8 Å². The number of primary amides is 1. The largest absolute Gasteiger partial charge is 0.380 e. The third-order valence-electron chi connectivity index (χ3n) is 5.10. The second-order valence-corrected chi connectivity index (χ2v) is 7.21. The normalized spacial score (nSPS) is 12.4. The molecule has 160 valence electrons. The Morgan fingerprint density at radius 2 is 1.93 bits per heavy atom. The van der Waals surface area contributed by atoms with E-state index in [2.05, 4.69) is 16.0 Å². The van der Waals surface area contributed by atoms with Crippen LogP contribution in [0, 0.1) is 5.82 Å². The van der Waals surface area contributed by atoms with Crippen LogP contribution in [0.1, 0.15) is 32.5 Å². The average Bonchev–Trinajstić information content (AvgIpc) is 3.08. The van der Waals surface area contributed by atoms with Crippen LogP contribution in [-0.2, 0) is 22.6 Å². The third-order valence-corrected chi connectivity index (χ3v) is 5.10. The first-order valence-electron chi connectivity index (χ1n) is 10.4. The van der Waals surface area contributed by atoms with Crippen molar-refractivity contribution in [1.29, 1.82) is 0 Å². The van der Waals surface area contributed by atoms with Gasteiger partial charge in [0.15, 0.2) is 0 Å². The van der Waals surface area contributed by atoms with Crippen LogP contribution in [0.2, 0.25) is 0 Å². The van der Waals surface area contributed by atoms with Gasteiger partial charge in [0.25, 0.3) is 0 Å². The second kappa shape index (κ2) is 10.3. The lowest BCUT2D eigenvalue weighted by Crippen LogP contribution is -2.41. The summed E-state index contributed by atoms with van der Waals surface area (Å²) < 4.78 is 21.0. The molecule has 3 rings (SSSR count). The molecule has 0 radical (unpaired) electrons. The topological polar surface area (TPSA) is 82.2 Å². The predicted octanol–water partition coefficient (Wildman–Crippen LogP) is 3.62. The number of imidazole rings is 1. The Kier molecular flexibility index (Phi) is 7.54. The third kappa shape index (κ3) is 5.23. The molecule has 0 saturated carbocycles. The van der Waals surface area contributed by atoms with Crippen molar-refractivity contribution in [2.45, 2.75) is 45.8 Å². The molecule has 1 unspecified atom stereocenters. The standard InChI is InChI=1S/C23H29FN4O2/c1-3-5-20(23(25)29)26-15-22-27-19-11-8-17(16-6-9-18(24)10-7-16)14-21(19)28(22)12-13-30-4-2/h6-11,14,20,26H,3-5,12-13,15H2,1-2H3,(H2,25,29). The molecule has 6 nitrogen and oxygen atoms in total. The average molecular weight is 413 g/mol. The van der Waals surface area contributed by atoms with Crippen molar-refractivity contribution in [3.8, 4) is 11.1 Å². The molecule has 30 heavy (non-hydrogen) atoms. The zero-order chi connectivity index (χ0) is 21.5. The molecule has 0 aliphatic heterocycles. The highest BCUT2D eigenvalue weighted by Crippen LogP contribution is 2.25. The lowest BCUT2D eigenvalue weighted by molar-refractivity contribution is -0.120. The molecule has 1 atom stereocenters. The maximum Gasteiger partial charge on any atom is 0.234 e. The number of ether oxygens (including phenoxy) is 1. The molecule has 1 heterocycles. The van der Waals surface area contributed by atoms with Gasteiger partial charge in [-0.15, -0.1) is 0 Å². The van der Waals surface area contributed by atoms with E-state index in [1.54, 1.807) is 12.1 Å². The number of halogens is 1. The van der Waals surface area contributed by atoms with E-state index in [0.717, 1.165) is 34.4 Å². The van der Waals surface area contributed by atoms with E-state index in [0.29, 0.717) is 32.7 Å². The van der Waals surface area contributed by atoms with Gasteiger partial charge in [0.1, 0.15) is 11.6 Å². The fraction of sp³-hybridized carbons (Fsp3) is 0.391. The van der Waals surface area contributed by atoms with Gasteiger partial charge < -0.3 is 15.0 Å². The summed E-state index contributed by atoms with van der Waals surface area (Å²) in [6.07, 6.45) is 1.55. The fourth-order valence-corrected chi connectivity index (χ4v) is 3.53. The van der Waals surface area contributed by atoms with Crippen molar-refractivity contribution in [3.05, 3.63) is 54.1 Å². The van der Waals surface area contributed by atoms with Gasteiger partial charge >= 0.3 is 0 Å². The van der Waals surface area contributed by atoms with Crippen LogP contribution in [0.15, 0.2) is 42.5 Å². The molecule has 0 fully saturated rings. The molecule has 0 bridgehead atoms. The predicted molar refractivity (Wildman–Crippen MR) is 116 cm³/mol. The number of nitrogens with one attached hydrogen (secondary N) is 1. The van der Waals surface area contributed by atoms with E-state index in [1.165, 1.54) is 12.1 Å². The number of carbonyl (C=O) groups is 1. The van der Waals surface area contributed by atoms with Gasteiger partial charge in [-0.3, -0.25) is 10.1 Å². The van der Waals surface area contributed by atoms with Gasteiger partial charge in [-0.25, -0.2) is 9.37 Å². The Bertz CT molecular complexity index is 985. The number of nitrogens with two attached hydrogens (primary N) is 1. The van der Waals surface area contributed by atoms with Crippen LogP contribution in [0.3, 0.4) is 0 Å². The van der Waals surface area contributed by atoms with Crippen molar-refractivity contribution in [2.75, 3.05) is 13.2 Å². The van der Waals surface area contributed by atoms with Crippen LogP contribution in [0.4, 0.5) is 4.39 Å². The van der Waals surface area contributed by atoms with E-state index < -0.39 is 0 Å². The first-order valence-corrected chi connectivity index (χ1v) is 10.4. The zero-order valence-corrected chi connectivity index (χ0v) is 17.5. The number of hydrogen-bond acceptors (Lipinski definition) is 4. The summed E-state index contributed by atoms with van der Waals surface area (Å²) in [5.41, 5.74) is 9.27. The maximum absolute atomic E-state index is 13.3. The molecule has 3 aromatic rings. The van der Waals surface area contributed by atoms with Crippen LogP contribution < -0.4 is 11.1 Å². The molecule has 0 spiro atoms. The van der Waals surface area contributed by atoms with E-state index >= 15 is 0 Å². The summed E-state index contributed by atoms with van der Waals surface area (Å²) >= 11 is 0. The van der Waals surface area contributed by atoms with Gasteiger partial charge in [-0.05, 0) is 48.7 Å². The number of aromatic nitrogens is 2. The molecular weight excluding hydrogens is 383 g/mol. The molecule has 1 amide bonds. The van der Waals surface area contributed by atoms with Crippen molar-refractivity contribution < 1.29 is 13.9 Å². The minimum absolute atomic E-state index is 0.258. The molecule has 0 aliphatic rings. The minimum atomic E-state index is -0.384. The summed E-state index contributed by atoms with van der Waals surface area (Å²) in [4.78, 5) is 16.5. The molecule has 0 aliphatic carbocycles. The molecule has 3 N–H and O–H groups in total. The van der Waals surface area contributed by atoms with Crippen molar-refractivity contribution in [3.63, 3.8) is 0 Å². The molecule has 1 aromatic heterocycles. The number of rotatable bonds is 11.